The van der Waals surface area contributed by atoms with Gasteiger partial charge in [0.1, 0.15) is 18.1 Å². The van der Waals surface area contributed by atoms with Gasteiger partial charge in [0, 0.05) is 23.5 Å². The molecular formula is C25H37N5O6S. The second kappa shape index (κ2) is 14.6. The molecule has 0 saturated heterocycles. The van der Waals surface area contributed by atoms with Crippen LogP contribution >= 0.6 is 11.8 Å². The van der Waals surface area contributed by atoms with Crippen LogP contribution in [-0.4, -0.2) is 81.7 Å². The number of benzene rings is 1. The van der Waals surface area contributed by atoms with Gasteiger partial charge in [-0.2, -0.15) is 11.8 Å². The summed E-state index contributed by atoms with van der Waals surface area (Å²) in [6, 6.07) is 3.00. The lowest BCUT2D eigenvalue weighted by atomic mass is 9.99. The Morgan fingerprint density at radius 1 is 1.03 bits per heavy atom. The molecule has 1 aromatic heterocycles. The number of aliphatic hydroxyl groups is 1. The number of para-hydroxylation sites is 1. The van der Waals surface area contributed by atoms with Crippen molar-refractivity contribution in [2.75, 3.05) is 18.6 Å². The van der Waals surface area contributed by atoms with Crippen LogP contribution in [0.25, 0.3) is 10.9 Å². The van der Waals surface area contributed by atoms with Gasteiger partial charge in [0.2, 0.25) is 17.7 Å². The first kappa shape index (κ1) is 30.1. The Kier molecular flexibility index (Phi) is 11.9. The van der Waals surface area contributed by atoms with Crippen LogP contribution in [0.3, 0.4) is 0 Å². The maximum atomic E-state index is 13.3. The number of carboxylic acids is 1. The molecule has 0 radical (unpaired) electrons. The van der Waals surface area contributed by atoms with Crippen LogP contribution in [0, 0.1) is 5.92 Å². The normalized spacial score (nSPS) is 15.3. The highest BCUT2D eigenvalue weighted by Gasteiger charge is 2.31. The Morgan fingerprint density at radius 2 is 1.65 bits per heavy atom. The monoisotopic (exact) mass is 535 g/mol. The number of rotatable bonds is 15. The summed E-state index contributed by atoms with van der Waals surface area (Å²) in [5.74, 6) is -2.74. The van der Waals surface area contributed by atoms with Crippen molar-refractivity contribution in [3.05, 3.63) is 36.0 Å². The van der Waals surface area contributed by atoms with Crippen LogP contribution < -0.4 is 21.7 Å². The van der Waals surface area contributed by atoms with Gasteiger partial charge in [-0.05, 0) is 36.0 Å². The molecular weight excluding hydrogens is 498 g/mol. The van der Waals surface area contributed by atoms with Crippen LogP contribution in [0.15, 0.2) is 30.5 Å². The molecule has 8 N–H and O–H groups in total. The second-order valence-corrected chi connectivity index (χ2v) is 9.95. The Hall–Kier alpha value is -3.09. The number of carbonyl (C=O) groups excluding carboxylic acids is 3. The van der Waals surface area contributed by atoms with Gasteiger partial charge in [0.05, 0.1) is 12.6 Å². The number of H-pyrrole nitrogens is 1. The molecule has 0 fully saturated rings. The first-order valence-electron chi connectivity index (χ1n) is 12.2. The van der Waals surface area contributed by atoms with Gasteiger partial charge >= 0.3 is 5.97 Å². The molecule has 0 aliphatic rings. The minimum absolute atomic E-state index is 0.0505. The number of nitrogens with two attached hydrogens (primary N) is 1. The van der Waals surface area contributed by atoms with E-state index < -0.39 is 54.5 Å². The predicted molar refractivity (Wildman–Crippen MR) is 143 cm³/mol. The quantitative estimate of drug-likeness (QED) is 0.170. The van der Waals surface area contributed by atoms with Crippen molar-refractivity contribution in [2.45, 2.75) is 57.3 Å². The number of hydrogen-bond acceptors (Lipinski definition) is 7. The fourth-order valence-electron chi connectivity index (χ4n) is 3.74. The SMILES string of the molecule is CCC(C)C(N)C(=O)NC(CCSC)C(=O)NC(Cc1c[nH]c2ccccc12)C(=O)NC(CO)C(=O)O. The van der Waals surface area contributed by atoms with E-state index in [0.717, 1.165) is 16.5 Å². The molecule has 12 heteroatoms. The van der Waals surface area contributed by atoms with Gasteiger partial charge in [0.15, 0.2) is 0 Å². The predicted octanol–water partition coefficient (Wildman–Crippen LogP) is 0.368. The van der Waals surface area contributed by atoms with E-state index in [0.29, 0.717) is 18.6 Å². The number of carbonyl (C=O) groups is 4. The van der Waals surface area contributed by atoms with Gasteiger partial charge in [0.25, 0.3) is 0 Å². The molecule has 37 heavy (non-hydrogen) atoms. The zero-order valence-electron chi connectivity index (χ0n) is 21.3. The molecule has 2 aromatic rings. The molecule has 0 spiro atoms. The van der Waals surface area contributed by atoms with E-state index in [1.54, 1.807) is 6.20 Å². The van der Waals surface area contributed by atoms with Crippen LogP contribution in [0.1, 0.15) is 32.3 Å². The van der Waals surface area contributed by atoms with Crippen molar-refractivity contribution in [1.82, 2.24) is 20.9 Å². The minimum atomic E-state index is -1.53. The van der Waals surface area contributed by atoms with E-state index in [4.69, 9.17) is 5.73 Å². The van der Waals surface area contributed by atoms with E-state index in [9.17, 15) is 29.4 Å². The number of aromatic amines is 1. The summed E-state index contributed by atoms with van der Waals surface area (Å²) in [6.07, 6.45) is 4.64. The molecule has 11 nitrogen and oxygen atoms in total. The average molecular weight is 536 g/mol. The summed E-state index contributed by atoms with van der Waals surface area (Å²) in [4.78, 5) is 53.6. The van der Waals surface area contributed by atoms with E-state index in [1.165, 1.54) is 11.8 Å². The molecule has 1 heterocycles. The Balaban J connectivity index is 2.29. The highest BCUT2D eigenvalue weighted by Crippen LogP contribution is 2.19. The number of nitrogens with one attached hydrogen (secondary N) is 4. The van der Waals surface area contributed by atoms with Crippen LogP contribution in [0.2, 0.25) is 0 Å². The highest BCUT2D eigenvalue weighted by atomic mass is 32.2. The molecule has 204 valence electrons. The van der Waals surface area contributed by atoms with Gasteiger partial charge in [-0.1, -0.05) is 38.5 Å². The van der Waals surface area contributed by atoms with Crippen LogP contribution in [0.4, 0.5) is 0 Å². The molecule has 5 unspecified atom stereocenters. The summed E-state index contributed by atoms with van der Waals surface area (Å²) in [5.41, 5.74) is 7.61. The maximum absolute atomic E-state index is 13.3. The summed E-state index contributed by atoms with van der Waals surface area (Å²) in [6.45, 7) is 2.96. The zero-order chi connectivity index (χ0) is 27.5. The third-order valence-electron chi connectivity index (χ3n) is 6.33. The molecule has 5 atom stereocenters. The number of aliphatic carboxylic acids is 1. The fourth-order valence-corrected chi connectivity index (χ4v) is 4.22. The maximum Gasteiger partial charge on any atom is 0.328 e. The number of thioether (sulfide) groups is 1. The third-order valence-corrected chi connectivity index (χ3v) is 6.98. The second-order valence-electron chi connectivity index (χ2n) is 8.96. The smallest absolute Gasteiger partial charge is 0.328 e. The number of hydrogen-bond donors (Lipinski definition) is 7. The van der Waals surface area contributed by atoms with Crippen molar-refractivity contribution < 1.29 is 29.4 Å². The number of aromatic nitrogens is 1. The lowest BCUT2D eigenvalue weighted by molar-refractivity contribution is -0.143. The minimum Gasteiger partial charge on any atom is -0.480 e. The standard InChI is InChI=1S/C25H37N5O6S/c1-4-14(2)21(26)24(34)28-18(9-10-37-3)22(32)29-19(23(33)30-20(13-31)25(35)36)11-15-12-27-17-8-6-5-7-16(15)17/h5-8,12,14,18-21,27,31H,4,9-11,13,26H2,1-3H3,(H,28,34)(H,29,32)(H,30,33)(H,35,36). The van der Waals surface area contributed by atoms with Crippen molar-refractivity contribution in [3.63, 3.8) is 0 Å². The first-order chi connectivity index (χ1) is 17.6. The van der Waals surface area contributed by atoms with Gasteiger partial charge in [-0.15, -0.1) is 0 Å². The molecule has 1 aromatic carbocycles. The molecule has 2 rings (SSSR count). The molecule has 0 aliphatic heterocycles. The lowest BCUT2D eigenvalue weighted by Crippen LogP contribution is -2.58. The van der Waals surface area contributed by atoms with E-state index in [-0.39, 0.29) is 12.3 Å². The van der Waals surface area contributed by atoms with Crippen molar-refractivity contribution in [1.29, 1.82) is 0 Å². The number of fused-ring (bicyclic) bond motifs is 1. The third kappa shape index (κ3) is 8.48. The van der Waals surface area contributed by atoms with Crippen molar-refractivity contribution in [3.8, 4) is 0 Å². The Morgan fingerprint density at radius 3 is 2.27 bits per heavy atom. The summed E-state index contributed by atoms with van der Waals surface area (Å²) < 4.78 is 0. The summed E-state index contributed by atoms with van der Waals surface area (Å²) in [7, 11) is 0. The van der Waals surface area contributed by atoms with Crippen molar-refractivity contribution in [2.24, 2.45) is 11.7 Å². The van der Waals surface area contributed by atoms with Crippen molar-refractivity contribution >= 4 is 46.4 Å². The number of aliphatic hydroxyl groups excluding tert-OH is 1. The summed E-state index contributed by atoms with van der Waals surface area (Å²) in [5, 5.41) is 27.1. The fraction of sp³-hybridized carbons (Fsp3) is 0.520. The Bertz CT molecular complexity index is 1080. The van der Waals surface area contributed by atoms with Gasteiger partial charge in [-0.25, -0.2) is 4.79 Å². The van der Waals surface area contributed by atoms with Crippen LogP contribution in [0.5, 0.6) is 0 Å². The lowest BCUT2D eigenvalue weighted by Gasteiger charge is -2.26. The highest BCUT2D eigenvalue weighted by molar-refractivity contribution is 7.98. The molecule has 0 saturated carbocycles. The van der Waals surface area contributed by atoms with E-state index in [1.807, 2.05) is 44.4 Å². The van der Waals surface area contributed by atoms with Gasteiger partial charge in [-0.3, -0.25) is 14.4 Å². The van der Waals surface area contributed by atoms with E-state index in [2.05, 4.69) is 20.9 Å². The largest absolute Gasteiger partial charge is 0.480 e. The molecule has 0 aliphatic carbocycles. The number of carboxylic acid groups (broad SMARTS) is 1. The first-order valence-corrected chi connectivity index (χ1v) is 13.6. The molecule has 0 bridgehead atoms. The van der Waals surface area contributed by atoms with Gasteiger partial charge < -0.3 is 36.9 Å². The summed E-state index contributed by atoms with van der Waals surface area (Å²) >= 11 is 1.50. The Labute approximate surface area is 220 Å². The zero-order valence-corrected chi connectivity index (χ0v) is 22.1. The molecule has 3 amide bonds. The topological polar surface area (TPSA) is 187 Å². The van der Waals surface area contributed by atoms with E-state index >= 15 is 0 Å². The average Bonchev–Trinajstić information content (AvgIpc) is 3.30. The van der Waals surface area contributed by atoms with Crippen LogP contribution in [-0.2, 0) is 25.6 Å². The number of amides is 3.